The molecule has 1 aliphatic carbocycles. The van der Waals surface area contributed by atoms with Gasteiger partial charge in [0, 0.05) is 11.1 Å². The van der Waals surface area contributed by atoms with E-state index in [-0.39, 0.29) is 23.0 Å². The maximum absolute atomic E-state index is 14.1. The molecule has 1 fully saturated rings. The van der Waals surface area contributed by atoms with Gasteiger partial charge in [0.25, 0.3) is 0 Å². The van der Waals surface area contributed by atoms with Crippen molar-refractivity contribution in [2.75, 3.05) is 0 Å². The van der Waals surface area contributed by atoms with Crippen LogP contribution in [0.3, 0.4) is 0 Å². The molecule has 2 aromatic rings. The first-order valence-corrected chi connectivity index (χ1v) is 9.21. The molecule has 4 nitrogen and oxygen atoms in total. The number of rotatable bonds is 6. The van der Waals surface area contributed by atoms with E-state index in [2.05, 4.69) is 0 Å². The van der Waals surface area contributed by atoms with Gasteiger partial charge in [-0.3, -0.25) is 4.79 Å². The van der Waals surface area contributed by atoms with Crippen molar-refractivity contribution in [3.8, 4) is 17.6 Å². The zero-order valence-corrected chi connectivity index (χ0v) is 16.2. The molecule has 0 bridgehead atoms. The highest BCUT2D eigenvalue weighted by Crippen LogP contribution is 2.59. The minimum Gasteiger partial charge on any atom is -0.454 e. The molecule has 2 aromatic carbocycles. The van der Waals surface area contributed by atoms with Gasteiger partial charge >= 0.3 is 5.97 Å². The second-order valence-corrected chi connectivity index (χ2v) is 7.45. The van der Waals surface area contributed by atoms with E-state index in [0.29, 0.717) is 11.3 Å². The molecule has 6 heteroatoms. The lowest BCUT2D eigenvalue weighted by Gasteiger charge is -2.14. The monoisotopic (exact) mass is 399 g/mol. The van der Waals surface area contributed by atoms with Crippen molar-refractivity contribution < 1.29 is 18.7 Å². The Labute approximate surface area is 168 Å². The quantitative estimate of drug-likeness (QED) is 0.580. The third kappa shape index (κ3) is 4.02. The summed E-state index contributed by atoms with van der Waals surface area (Å²) in [5.41, 5.74) is 1.44. The molecule has 0 radical (unpaired) electrons. The number of para-hydroxylation sites is 1. The Morgan fingerprint density at radius 2 is 2.00 bits per heavy atom. The summed E-state index contributed by atoms with van der Waals surface area (Å²) in [5.74, 6) is -1.06. The summed E-state index contributed by atoms with van der Waals surface area (Å²) >= 11 is 5.63. The van der Waals surface area contributed by atoms with Gasteiger partial charge in [-0.25, -0.2) is 4.39 Å². The Hall–Kier alpha value is -2.84. The minimum absolute atomic E-state index is 0.0398. The van der Waals surface area contributed by atoms with Crippen LogP contribution < -0.4 is 4.74 Å². The smallest absolute Gasteiger partial charge is 0.311 e. The Balaban J connectivity index is 1.77. The summed E-state index contributed by atoms with van der Waals surface area (Å²) in [6, 6.07) is 14.6. The number of benzene rings is 2. The summed E-state index contributed by atoms with van der Waals surface area (Å²) in [4.78, 5) is 12.5. The highest BCUT2D eigenvalue weighted by atomic mass is 35.5. The predicted molar refractivity (Wildman–Crippen MR) is 103 cm³/mol. The number of nitriles is 1. The van der Waals surface area contributed by atoms with Gasteiger partial charge in [-0.1, -0.05) is 55.8 Å². The van der Waals surface area contributed by atoms with E-state index >= 15 is 0 Å². The molecule has 0 amide bonds. The van der Waals surface area contributed by atoms with Gasteiger partial charge in [0.1, 0.15) is 11.8 Å². The van der Waals surface area contributed by atoms with Gasteiger partial charge in [0.2, 0.25) is 6.10 Å². The Bertz CT molecular complexity index is 937. The van der Waals surface area contributed by atoms with Gasteiger partial charge < -0.3 is 9.47 Å². The maximum Gasteiger partial charge on any atom is 0.311 e. The van der Waals surface area contributed by atoms with E-state index in [1.807, 2.05) is 26.0 Å². The Morgan fingerprint density at radius 1 is 1.29 bits per heavy atom. The number of halogens is 2. The molecule has 0 aliphatic heterocycles. The van der Waals surface area contributed by atoms with E-state index in [9.17, 15) is 14.4 Å². The van der Waals surface area contributed by atoms with Crippen molar-refractivity contribution in [2.24, 2.45) is 17.3 Å². The first-order chi connectivity index (χ1) is 13.4. The van der Waals surface area contributed by atoms with Gasteiger partial charge in [0.05, 0.1) is 5.92 Å². The number of carbonyl (C=O) groups excluding carboxylic acids is 1. The summed E-state index contributed by atoms with van der Waals surface area (Å²) in [6.07, 6.45) is 0.585. The lowest BCUT2D eigenvalue weighted by molar-refractivity contribution is -0.149. The normalized spacial score (nSPS) is 21.0. The molecule has 0 spiro atoms. The van der Waals surface area contributed by atoms with Crippen LogP contribution in [0, 0.1) is 34.4 Å². The largest absolute Gasteiger partial charge is 0.454 e. The molecule has 1 aliphatic rings. The molecule has 1 saturated carbocycles. The Kier molecular flexibility index (Phi) is 5.71. The zero-order valence-electron chi connectivity index (χ0n) is 15.4. The van der Waals surface area contributed by atoms with Crippen molar-refractivity contribution in [3.05, 3.63) is 71.5 Å². The fraction of sp³-hybridized carbons (Fsp3) is 0.273. The summed E-state index contributed by atoms with van der Waals surface area (Å²) < 4.78 is 25.1. The maximum atomic E-state index is 14.1. The van der Waals surface area contributed by atoms with Crippen LogP contribution in [-0.4, -0.2) is 5.97 Å². The molecular formula is C22H19ClFNO3. The summed E-state index contributed by atoms with van der Waals surface area (Å²) in [5, 5.41) is 9.48. The van der Waals surface area contributed by atoms with Gasteiger partial charge in [0.15, 0.2) is 11.6 Å². The molecule has 0 saturated heterocycles. The SMILES string of the molecule is CC1(C)[C@H](C=CCl)[C@H]1C(=O)OC(C#N)c1ccc(F)c(Oc2ccccc2)c1. The minimum atomic E-state index is -1.16. The third-order valence-corrected chi connectivity index (χ3v) is 5.17. The number of ether oxygens (including phenoxy) is 2. The van der Waals surface area contributed by atoms with Crippen LogP contribution in [0.5, 0.6) is 11.5 Å². The number of esters is 1. The number of nitrogens with zero attached hydrogens (tertiary/aromatic N) is 1. The van der Waals surface area contributed by atoms with Gasteiger partial charge in [-0.15, -0.1) is 0 Å². The van der Waals surface area contributed by atoms with E-state index in [1.54, 1.807) is 30.3 Å². The van der Waals surface area contributed by atoms with Crippen LogP contribution in [0.15, 0.2) is 60.1 Å². The standard InChI is InChI=1S/C22H19ClFNO3/c1-22(2)16(10-11-23)20(22)21(26)28-19(13-25)14-8-9-17(24)18(12-14)27-15-6-4-3-5-7-15/h3-12,16,19-20H,1-2H3/t16-,19?,20+/m1/s1. The average Bonchev–Trinajstić information content (AvgIpc) is 3.23. The van der Waals surface area contributed by atoms with Crippen LogP contribution in [0.2, 0.25) is 0 Å². The predicted octanol–water partition coefficient (Wildman–Crippen LogP) is 5.75. The topological polar surface area (TPSA) is 59.3 Å². The molecular weight excluding hydrogens is 381 g/mol. The molecule has 0 N–H and O–H groups in total. The molecule has 1 unspecified atom stereocenters. The van der Waals surface area contributed by atoms with Crippen LogP contribution >= 0.6 is 11.6 Å². The average molecular weight is 400 g/mol. The molecule has 0 heterocycles. The fourth-order valence-corrected chi connectivity index (χ4v) is 3.46. The van der Waals surface area contributed by atoms with Crippen LogP contribution in [0.4, 0.5) is 4.39 Å². The molecule has 3 atom stereocenters. The van der Waals surface area contributed by atoms with Crippen molar-refractivity contribution in [1.29, 1.82) is 5.26 Å². The highest BCUT2D eigenvalue weighted by Gasteiger charge is 2.61. The number of hydrogen-bond donors (Lipinski definition) is 0. The number of carbonyl (C=O) groups is 1. The molecule has 144 valence electrons. The van der Waals surface area contributed by atoms with E-state index in [0.717, 1.165) is 0 Å². The first kappa shape index (κ1) is 19.9. The zero-order chi connectivity index (χ0) is 20.3. The lowest BCUT2D eigenvalue weighted by atomic mass is 10.1. The van der Waals surface area contributed by atoms with Crippen LogP contribution in [0.1, 0.15) is 25.5 Å². The van der Waals surface area contributed by atoms with E-state index in [4.69, 9.17) is 21.1 Å². The first-order valence-electron chi connectivity index (χ1n) is 8.78. The fourth-order valence-electron chi connectivity index (χ4n) is 3.30. The summed E-state index contributed by atoms with van der Waals surface area (Å²) in [7, 11) is 0. The van der Waals surface area contributed by atoms with Crippen molar-refractivity contribution in [2.45, 2.75) is 20.0 Å². The molecule has 0 aromatic heterocycles. The second kappa shape index (κ2) is 8.04. The number of hydrogen-bond acceptors (Lipinski definition) is 4. The van der Waals surface area contributed by atoms with Crippen molar-refractivity contribution in [3.63, 3.8) is 0 Å². The van der Waals surface area contributed by atoms with Gasteiger partial charge in [-0.05, 0) is 35.6 Å². The molecule has 28 heavy (non-hydrogen) atoms. The van der Waals surface area contributed by atoms with Crippen LogP contribution in [-0.2, 0) is 9.53 Å². The van der Waals surface area contributed by atoms with Crippen molar-refractivity contribution >= 4 is 17.6 Å². The molecule has 3 rings (SSSR count). The van der Waals surface area contributed by atoms with E-state index < -0.39 is 17.9 Å². The lowest BCUT2D eigenvalue weighted by Crippen LogP contribution is -2.14. The third-order valence-electron chi connectivity index (χ3n) is 5.02. The second-order valence-electron chi connectivity index (χ2n) is 7.19. The van der Waals surface area contributed by atoms with Crippen molar-refractivity contribution in [1.82, 2.24) is 0 Å². The Morgan fingerprint density at radius 3 is 2.64 bits per heavy atom. The number of allylic oxidation sites excluding steroid dienone is 1. The summed E-state index contributed by atoms with van der Waals surface area (Å²) in [6.45, 7) is 3.87. The van der Waals surface area contributed by atoms with Crippen LogP contribution in [0.25, 0.3) is 0 Å². The van der Waals surface area contributed by atoms with E-state index in [1.165, 1.54) is 23.7 Å². The van der Waals surface area contributed by atoms with Gasteiger partial charge in [-0.2, -0.15) is 5.26 Å². The highest BCUT2D eigenvalue weighted by molar-refractivity contribution is 6.25.